The van der Waals surface area contributed by atoms with E-state index in [0.717, 1.165) is 12.0 Å². The lowest BCUT2D eigenvalue weighted by atomic mass is 9.98. The molecule has 1 N–H and O–H groups in total. The first-order chi connectivity index (χ1) is 8.38. The summed E-state index contributed by atoms with van der Waals surface area (Å²) in [5.41, 5.74) is 0. The third-order valence-electron chi connectivity index (χ3n) is 4.70. The maximum atomic E-state index is 3.84. The quantitative estimate of drug-likeness (QED) is 0.757. The highest BCUT2D eigenvalue weighted by Crippen LogP contribution is 2.22. The van der Waals surface area contributed by atoms with Crippen molar-refractivity contribution in [3.8, 4) is 0 Å². The smallest absolute Gasteiger partial charge is 0.00915 e. The van der Waals surface area contributed by atoms with Gasteiger partial charge in [0.05, 0.1) is 0 Å². The Morgan fingerprint density at radius 3 is 2.18 bits per heavy atom. The van der Waals surface area contributed by atoms with E-state index in [1.165, 1.54) is 77.5 Å². The highest BCUT2D eigenvalue weighted by atomic mass is 15.1. The molecule has 0 aromatic carbocycles. The summed E-state index contributed by atoms with van der Waals surface area (Å²) in [6.07, 6.45) is 11.6. The Morgan fingerprint density at radius 2 is 1.59 bits per heavy atom. The van der Waals surface area contributed by atoms with Gasteiger partial charge in [0.25, 0.3) is 0 Å². The van der Waals surface area contributed by atoms with E-state index in [1.54, 1.807) is 0 Å². The number of piperidine rings is 1. The highest BCUT2D eigenvalue weighted by molar-refractivity contribution is 4.78. The zero-order valence-electron chi connectivity index (χ0n) is 11.6. The van der Waals surface area contributed by atoms with Gasteiger partial charge in [0.15, 0.2) is 0 Å². The first-order valence-corrected chi connectivity index (χ1v) is 7.84. The van der Waals surface area contributed by atoms with Crippen molar-refractivity contribution in [2.75, 3.05) is 26.2 Å². The van der Waals surface area contributed by atoms with Gasteiger partial charge in [-0.1, -0.05) is 32.6 Å². The number of rotatable bonds is 4. The molecule has 1 saturated heterocycles. The maximum Gasteiger partial charge on any atom is 0.00915 e. The van der Waals surface area contributed by atoms with E-state index >= 15 is 0 Å². The summed E-state index contributed by atoms with van der Waals surface area (Å²) < 4.78 is 0. The van der Waals surface area contributed by atoms with Gasteiger partial charge in [0.1, 0.15) is 0 Å². The minimum Gasteiger partial charge on any atom is -0.314 e. The first-order valence-electron chi connectivity index (χ1n) is 7.84. The van der Waals surface area contributed by atoms with Crippen molar-refractivity contribution in [3.05, 3.63) is 0 Å². The third kappa shape index (κ3) is 4.59. The van der Waals surface area contributed by atoms with Crippen molar-refractivity contribution in [2.45, 2.75) is 64.3 Å². The molecule has 1 heterocycles. The van der Waals surface area contributed by atoms with Crippen LogP contribution in [0.2, 0.25) is 0 Å². The number of hydrogen-bond donors (Lipinski definition) is 1. The molecule has 2 nitrogen and oxygen atoms in total. The minimum atomic E-state index is 0.807. The van der Waals surface area contributed by atoms with Crippen LogP contribution in [0.3, 0.4) is 0 Å². The van der Waals surface area contributed by atoms with E-state index in [9.17, 15) is 0 Å². The molecular weight excluding hydrogens is 208 g/mol. The summed E-state index contributed by atoms with van der Waals surface area (Å²) in [5, 5.41) is 3.84. The molecule has 0 aromatic rings. The molecule has 0 bridgehead atoms. The molecular formula is C15H30N2. The fraction of sp³-hybridized carbons (Fsp3) is 1.00. The number of likely N-dealkylation sites (tertiary alicyclic amines) is 1. The van der Waals surface area contributed by atoms with Crippen LogP contribution in [0.4, 0.5) is 0 Å². The topological polar surface area (TPSA) is 15.3 Å². The fourth-order valence-electron chi connectivity index (χ4n) is 3.35. The van der Waals surface area contributed by atoms with E-state index in [0.29, 0.717) is 0 Å². The molecule has 2 aliphatic rings. The minimum absolute atomic E-state index is 0.807. The molecule has 0 amide bonds. The van der Waals surface area contributed by atoms with Crippen LogP contribution in [0.15, 0.2) is 0 Å². The third-order valence-corrected chi connectivity index (χ3v) is 4.70. The molecule has 0 radical (unpaired) electrons. The van der Waals surface area contributed by atoms with Gasteiger partial charge in [0, 0.05) is 6.04 Å². The molecule has 1 aliphatic heterocycles. The molecule has 2 rings (SSSR count). The first kappa shape index (κ1) is 13.4. The van der Waals surface area contributed by atoms with E-state index < -0.39 is 0 Å². The molecule has 17 heavy (non-hydrogen) atoms. The van der Waals surface area contributed by atoms with E-state index in [4.69, 9.17) is 0 Å². The average Bonchev–Trinajstić information content (AvgIpc) is 2.65. The standard InChI is InChI=1S/C15H30N2/c1-2-17-11-9-15(10-12-17)16-13-14-7-5-3-4-6-8-14/h14-16H,2-13H2,1H3. The lowest BCUT2D eigenvalue weighted by molar-refractivity contribution is 0.201. The van der Waals surface area contributed by atoms with Crippen LogP contribution in [0.5, 0.6) is 0 Å². The van der Waals surface area contributed by atoms with Gasteiger partial charge in [0.2, 0.25) is 0 Å². The molecule has 2 heteroatoms. The van der Waals surface area contributed by atoms with Crippen LogP contribution < -0.4 is 5.32 Å². The molecule has 1 aliphatic carbocycles. The summed E-state index contributed by atoms with van der Waals surface area (Å²) in [6.45, 7) is 7.41. The van der Waals surface area contributed by atoms with E-state index in [2.05, 4.69) is 17.1 Å². The van der Waals surface area contributed by atoms with Gasteiger partial charge in [-0.05, 0) is 57.8 Å². The van der Waals surface area contributed by atoms with Crippen LogP contribution in [-0.2, 0) is 0 Å². The Morgan fingerprint density at radius 1 is 0.941 bits per heavy atom. The van der Waals surface area contributed by atoms with Crippen LogP contribution in [0.25, 0.3) is 0 Å². The Balaban J connectivity index is 1.61. The number of hydrogen-bond acceptors (Lipinski definition) is 2. The van der Waals surface area contributed by atoms with Gasteiger partial charge >= 0.3 is 0 Å². The summed E-state index contributed by atoms with van der Waals surface area (Å²) in [7, 11) is 0. The molecule has 100 valence electrons. The second-order valence-corrected chi connectivity index (χ2v) is 5.97. The van der Waals surface area contributed by atoms with Gasteiger partial charge in [-0.2, -0.15) is 0 Å². The Kier molecular flexibility index (Phi) is 5.79. The molecule has 1 saturated carbocycles. The Bertz CT molecular complexity index is 189. The summed E-state index contributed by atoms with van der Waals surface area (Å²) in [4.78, 5) is 2.57. The SMILES string of the molecule is CCN1CCC(NCC2CCCCCC2)CC1. The van der Waals surface area contributed by atoms with Crippen molar-refractivity contribution in [1.82, 2.24) is 10.2 Å². The van der Waals surface area contributed by atoms with Crippen molar-refractivity contribution < 1.29 is 0 Å². The lowest BCUT2D eigenvalue weighted by Gasteiger charge is -2.32. The Hall–Kier alpha value is -0.0800. The summed E-state index contributed by atoms with van der Waals surface area (Å²) >= 11 is 0. The maximum absolute atomic E-state index is 3.84. The molecule has 2 fully saturated rings. The predicted molar refractivity (Wildman–Crippen MR) is 74.3 cm³/mol. The van der Waals surface area contributed by atoms with Crippen LogP contribution >= 0.6 is 0 Å². The average molecular weight is 238 g/mol. The van der Waals surface area contributed by atoms with Crippen molar-refractivity contribution >= 4 is 0 Å². The second-order valence-electron chi connectivity index (χ2n) is 5.97. The van der Waals surface area contributed by atoms with Gasteiger partial charge < -0.3 is 10.2 Å². The number of nitrogens with zero attached hydrogens (tertiary/aromatic N) is 1. The normalized spacial score (nSPS) is 25.9. The van der Waals surface area contributed by atoms with E-state index in [1.807, 2.05) is 0 Å². The zero-order chi connectivity index (χ0) is 11.9. The zero-order valence-corrected chi connectivity index (χ0v) is 11.6. The van der Waals surface area contributed by atoms with Crippen LogP contribution in [-0.4, -0.2) is 37.1 Å². The van der Waals surface area contributed by atoms with E-state index in [-0.39, 0.29) is 0 Å². The summed E-state index contributed by atoms with van der Waals surface area (Å²) in [6, 6.07) is 0.807. The fourth-order valence-corrected chi connectivity index (χ4v) is 3.35. The molecule has 0 unspecified atom stereocenters. The lowest BCUT2D eigenvalue weighted by Crippen LogP contribution is -2.43. The largest absolute Gasteiger partial charge is 0.314 e. The van der Waals surface area contributed by atoms with Gasteiger partial charge in [-0.15, -0.1) is 0 Å². The monoisotopic (exact) mass is 238 g/mol. The summed E-state index contributed by atoms with van der Waals surface area (Å²) in [5.74, 6) is 0.974. The van der Waals surface area contributed by atoms with Gasteiger partial charge in [-0.25, -0.2) is 0 Å². The van der Waals surface area contributed by atoms with Crippen molar-refractivity contribution in [3.63, 3.8) is 0 Å². The molecule has 0 atom stereocenters. The predicted octanol–water partition coefficient (Wildman–Crippen LogP) is 3.03. The number of nitrogens with one attached hydrogen (secondary N) is 1. The van der Waals surface area contributed by atoms with Crippen molar-refractivity contribution in [2.24, 2.45) is 5.92 Å². The molecule has 0 spiro atoms. The van der Waals surface area contributed by atoms with Crippen molar-refractivity contribution in [1.29, 1.82) is 0 Å². The Labute approximate surface area is 107 Å². The second kappa shape index (κ2) is 7.38. The molecule has 0 aromatic heterocycles. The van der Waals surface area contributed by atoms with Crippen LogP contribution in [0, 0.1) is 5.92 Å². The van der Waals surface area contributed by atoms with Gasteiger partial charge in [-0.3, -0.25) is 0 Å². The highest BCUT2D eigenvalue weighted by Gasteiger charge is 2.19. The van der Waals surface area contributed by atoms with Crippen LogP contribution in [0.1, 0.15) is 58.3 Å².